The third kappa shape index (κ3) is 4.89. The van der Waals surface area contributed by atoms with Crippen molar-refractivity contribution in [2.75, 3.05) is 18.6 Å². The minimum absolute atomic E-state index is 0.274. The number of rotatable bonds is 5. The maximum Gasteiger partial charge on any atom is 0.147 e. The molecule has 0 spiro atoms. The van der Waals surface area contributed by atoms with E-state index < -0.39 is 9.84 Å². The van der Waals surface area contributed by atoms with Crippen molar-refractivity contribution in [3.63, 3.8) is 0 Å². The van der Waals surface area contributed by atoms with Gasteiger partial charge in [-0.3, -0.25) is 0 Å². The normalized spacial score (nSPS) is 19.2. The lowest BCUT2D eigenvalue weighted by Crippen LogP contribution is -2.35. The van der Waals surface area contributed by atoms with E-state index in [1.54, 1.807) is 0 Å². The molecule has 106 valence electrons. The molecule has 19 heavy (non-hydrogen) atoms. The Morgan fingerprint density at radius 2 is 2.16 bits per heavy atom. The fourth-order valence-electron chi connectivity index (χ4n) is 2.54. The molecular weight excluding hydrogens is 326 g/mol. The topological polar surface area (TPSA) is 46.2 Å². The van der Waals surface area contributed by atoms with Crippen molar-refractivity contribution in [3.8, 4) is 0 Å². The lowest BCUT2D eigenvalue weighted by atomic mass is 9.88. The Hall–Kier alpha value is -0.390. The maximum atomic E-state index is 11.0. The van der Waals surface area contributed by atoms with Gasteiger partial charge in [0.25, 0.3) is 0 Å². The van der Waals surface area contributed by atoms with Gasteiger partial charge in [-0.2, -0.15) is 0 Å². The zero-order valence-electron chi connectivity index (χ0n) is 11.2. The van der Waals surface area contributed by atoms with Gasteiger partial charge in [0.15, 0.2) is 0 Å². The summed E-state index contributed by atoms with van der Waals surface area (Å²) in [6.07, 6.45) is 5.26. The molecule has 2 rings (SSSR count). The van der Waals surface area contributed by atoms with E-state index in [1.165, 1.54) is 17.4 Å². The molecule has 0 fully saturated rings. The number of nitrogens with one attached hydrogen (secondary N) is 1. The molecule has 1 aliphatic carbocycles. The molecule has 0 heterocycles. The Balaban J connectivity index is 1.80. The predicted octanol–water partition coefficient (Wildman–Crippen LogP) is 2.33. The van der Waals surface area contributed by atoms with Crippen molar-refractivity contribution in [3.05, 3.63) is 33.8 Å². The number of sulfone groups is 1. The Morgan fingerprint density at radius 1 is 1.37 bits per heavy atom. The minimum Gasteiger partial charge on any atom is -0.314 e. The molecule has 1 N–H and O–H groups in total. The molecule has 0 bridgehead atoms. The van der Waals surface area contributed by atoms with Gasteiger partial charge in [0.2, 0.25) is 0 Å². The van der Waals surface area contributed by atoms with Crippen LogP contribution in [0, 0.1) is 0 Å². The SMILES string of the molecule is CS(=O)(=O)CCCNC1CCc2cc(Br)ccc2C1. The Labute approximate surface area is 123 Å². The van der Waals surface area contributed by atoms with Gasteiger partial charge in [-0.1, -0.05) is 22.0 Å². The quantitative estimate of drug-likeness (QED) is 0.833. The van der Waals surface area contributed by atoms with E-state index in [4.69, 9.17) is 0 Å². The molecule has 3 nitrogen and oxygen atoms in total. The highest BCUT2D eigenvalue weighted by Gasteiger charge is 2.18. The van der Waals surface area contributed by atoms with Crippen LogP contribution in [0.3, 0.4) is 0 Å². The molecule has 1 aromatic rings. The Morgan fingerprint density at radius 3 is 2.89 bits per heavy atom. The summed E-state index contributed by atoms with van der Waals surface area (Å²) in [7, 11) is -2.83. The number of hydrogen-bond acceptors (Lipinski definition) is 3. The number of hydrogen-bond donors (Lipinski definition) is 1. The van der Waals surface area contributed by atoms with Gasteiger partial charge in [-0.15, -0.1) is 0 Å². The van der Waals surface area contributed by atoms with Crippen LogP contribution < -0.4 is 5.32 Å². The highest BCUT2D eigenvalue weighted by molar-refractivity contribution is 9.10. The van der Waals surface area contributed by atoms with Gasteiger partial charge in [-0.05, 0) is 55.5 Å². The fourth-order valence-corrected chi connectivity index (χ4v) is 3.62. The molecule has 5 heteroatoms. The second-order valence-corrected chi connectivity index (χ2v) is 8.47. The summed E-state index contributed by atoms with van der Waals surface area (Å²) >= 11 is 3.50. The lowest BCUT2D eigenvalue weighted by Gasteiger charge is -2.25. The van der Waals surface area contributed by atoms with Gasteiger partial charge < -0.3 is 5.32 Å². The first kappa shape index (κ1) is 15.0. The third-order valence-corrected chi connectivity index (χ3v) is 5.05. The van der Waals surface area contributed by atoms with Crippen molar-refractivity contribution in [1.29, 1.82) is 0 Å². The van der Waals surface area contributed by atoms with Crippen LogP contribution >= 0.6 is 15.9 Å². The van der Waals surface area contributed by atoms with Crippen molar-refractivity contribution in [2.24, 2.45) is 0 Å². The van der Waals surface area contributed by atoms with Crippen LogP contribution in [-0.4, -0.2) is 33.0 Å². The van der Waals surface area contributed by atoms with Gasteiger partial charge >= 0.3 is 0 Å². The largest absolute Gasteiger partial charge is 0.314 e. The smallest absolute Gasteiger partial charge is 0.147 e. The summed E-state index contributed by atoms with van der Waals surface area (Å²) in [5, 5.41) is 3.47. The summed E-state index contributed by atoms with van der Waals surface area (Å²) in [5.41, 5.74) is 2.85. The maximum absolute atomic E-state index is 11.0. The highest BCUT2D eigenvalue weighted by atomic mass is 79.9. The second kappa shape index (κ2) is 6.37. The first-order valence-electron chi connectivity index (χ1n) is 6.62. The molecule has 0 saturated carbocycles. The van der Waals surface area contributed by atoms with Gasteiger partial charge in [0.05, 0.1) is 5.75 Å². The van der Waals surface area contributed by atoms with Gasteiger partial charge in [-0.25, -0.2) is 8.42 Å². The van der Waals surface area contributed by atoms with Crippen LogP contribution in [0.5, 0.6) is 0 Å². The summed E-state index contributed by atoms with van der Waals surface area (Å²) in [4.78, 5) is 0. The molecule has 0 aromatic heterocycles. The average Bonchev–Trinajstić information content (AvgIpc) is 2.33. The standard InChI is InChI=1S/C14H20BrNO2S/c1-19(17,18)8-2-7-16-14-6-4-11-9-13(15)5-3-12(11)10-14/h3,5,9,14,16H,2,4,6-8,10H2,1H3. The van der Waals surface area contributed by atoms with Crippen LogP contribution in [0.25, 0.3) is 0 Å². The molecule has 1 unspecified atom stereocenters. The average molecular weight is 346 g/mol. The minimum atomic E-state index is -2.83. The zero-order valence-corrected chi connectivity index (χ0v) is 13.6. The summed E-state index contributed by atoms with van der Waals surface area (Å²) in [5.74, 6) is 0.274. The van der Waals surface area contributed by atoms with Crippen molar-refractivity contribution >= 4 is 25.8 Å². The van der Waals surface area contributed by atoms with Crippen molar-refractivity contribution in [2.45, 2.75) is 31.7 Å². The number of halogens is 1. The van der Waals surface area contributed by atoms with Crippen molar-refractivity contribution < 1.29 is 8.42 Å². The third-order valence-electron chi connectivity index (χ3n) is 3.52. The molecule has 1 aliphatic rings. The zero-order chi connectivity index (χ0) is 13.9. The van der Waals surface area contributed by atoms with Gasteiger partial charge in [0.1, 0.15) is 9.84 Å². The molecule has 0 radical (unpaired) electrons. The van der Waals surface area contributed by atoms with Crippen LogP contribution in [0.4, 0.5) is 0 Å². The monoisotopic (exact) mass is 345 g/mol. The highest BCUT2D eigenvalue weighted by Crippen LogP contribution is 2.24. The molecule has 0 amide bonds. The predicted molar refractivity (Wildman–Crippen MR) is 82.3 cm³/mol. The molecule has 0 saturated heterocycles. The van der Waals surface area contributed by atoms with E-state index in [1.807, 2.05) is 0 Å². The lowest BCUT2D eigenvalue weighted by molar-refractivity contribution is 0.458. The number of benzene rings is 1. The Bertz CT molecular complexity index is 542. The van der Waals surface area contributed by atoms with E-state index >= 15 is 0 Å². The second-order valence-electron chi connectivity index (χ2n) is 5.29. The summed E-state index contributed by atoms with van der Waals surface area (Å²) in [6.45, 7) is 0.781. The first-order chi connectivity index (χ1) is 8.94. The molecular formula is C14H20BrNO2S. The van der Waals surface area contributed by atoms with E-state index in [0.717, 1.165) is 30.3 Å². The van der Waals surface area contributed by atoms with E-state index in [9.17, 15) is 8.42 Å². The summed E-state index contributed by atoms with van der Waals surface area (Å²) < 4.78 is 23.2. The van der Waals surface area contributed by atoms with Crippen LogP contribution in [-0.2, 0) is 22.7 Å². The van der Waals surface area contributed by atoms with Crippen LogP contribution in [0.1, 0.15) is 24.0 Å². The molecule has 0 aliphatic heterocycles. The fraction of sp³-hybridized carbons (Fsp3) is 0.571. The van der Waals surface area contributed by atoms with Crippen LogP contribution in [0.2, 0.25) is 0 Å². The molecule has 1 aromatic carbocycles. The van der Waals surface area contributed by atoms with Gasteiger partial charge in [0, 0.05) is 16.8 Å². The van der Waals surface area contributed by atoms with E-state index in [-0.39, 0.29) is 5.75 Å². The van der Waals surface area contributed by atoms with E-state index in [2.05, 4.69) is 39.4 Å². The summed E-state index contributed by atoms with van der Waals surface area (Å²) in [6, 6.07) is 6.96. The van der Waals surface area contributed by atoms with E-state index in [0.29, 0.717) is 12.5 Å². The van der Waals surface area contributed by atoms with Crippen molar-refractivity contribution in [1.82, 2.24) is 5.32 Å². The number of fused-ring (bicyclic) bond motifs is 1. The Kier molecular flexibility index (Phi) is 5.03. The number of aryl methyl sites for hydroxylation is 1. The first-order valence-corrected chi connectivity index (χ1v) is 9.48. The molecule has 1 atom stereocenters. The van der Waals surface area contributed by atoms with Crippen LogP contribution in [0.15, 0.2) is 22.7 Å².